The average molecular weight is 273 g/mol. The van der Waals surface area contributed by atoms with Crippen LogP contribution in [0.25, 0.3) is 0 Å². The summed E-state index contributed by atoms with van der Waals surface area (Å²) in [7, 11) is 0. The summed E-state index contributed by atoms with van der Waals surface area (Å²) in [6, 6.07) is -1.71. The molecule has 4 N–H and O–H groups in total. The predicted octanol–water partition coefficient (Wildman–Crippen LogP) is 0.591. The van der Waals surface area contributed by atoms with Crippen molar-refractivity contribution in [1.29, 1.82) is 0 Å². The van der Waals surface area contributed by atoms with Gasteiger partial charge < -0.3 is 20.9 Å². The lowest BCUT2D eigenvalue weighted by atomic mass is 10.2. The van der Waals surface area contributed by atoms with Crippen molar-refractivity contribution >= 4 is 28.4 Å². The third-order valence-electron chi connectivity index (χ3n) is 2.09. The quantitative estimate of drug-likeness (QED) is 0.650. The van der Waals surface area contributed by atoms with Crippen molar-refractivity contribution in [1.82, 2.24) is 4.98 Å². The molecule has 0 radical (unpaired) electrons. The minimum Gasteiger partial charge on any atom is -0.480 e. The number of nitrogens with one attached hydrogen (secondary N) is 1. The van der Waals surface area contributed by atoms with Crippen LogP contribution in [-0.2, 0) is 14.3 Å². The summed E-state index contributed by atoms with van der Waals surface area (Å²) < 4.78 is 4.82. The van der Waals surface area contributed by atoms with Gasteiger partial charge in [0.1, 0.15) is 12.1 Å². The van der Waals surface area contributed by atoms with Gasteiger partial charge in [-0.15, -0.1) is 11.3 Å². The number of carboxylic acid groups (broad SMARTS) is 1. The van der Waals surface area contributed by atoms with E-state index in [1.54, 1.807) is 19.2 Å². The highest BCUT2D eigenvalue weighted by Gasteiger charge is 2.19. The molecule has 0 saturated carbocycles. The van der Waals surface area contributed by atoms with Gasteiger partial charge in [-0.3, -0.25) is 4.79 Å². The number of anilines is 1. The Hall–Kier alpha value is -1.67. The molecule has 0 aliphatic rings. The van der Waals surface area contributed by atoms with Crippen LogP contribution in [0.3, 0.4) is 0 Å². The maximum absolute atomic E-state index is 11.4. The first kappa shape index (κ1) is 14.4. The third-order valence-corrected chi connectivity index (χ3v) is 2.88. The maximum atomic E-state index is 11.4. The molecular formula is C10H15N3O4S. The monoisotopic (exact) mass is 273 g/mol. The second-order valence-electron chi connectivity index (χ2n) is 3.51. The van der Waals surface area contributed by atoms with Gasteiger partial charge in [-0.05, 0) is 13.8 Å². The Bertz CT molecular complexity index is 435. The number of aliphatic carboxylic acids is 1. The molecule has 1 aromatic rings. The van der Waals surface area contributed by atoms with E-state index in [1.807, 2.05) is 0 Å². The normalized spacial score (nSPS) is 13.7. The Balaban J connectivity index is 2.64. The molecule has 100 valence electrons. The first-order valence-corrected chi connectivity index (χ1v) is 6.20. The molecule has 0 amide bonds. The van der Waals surface area contributed by atoms with E-state index < -0.39 is 24.0 Å². The van der Waals surface area contributed by atoms with Gasteiger partial charge >= 0.3 is 11.9 Å². The van der Waals surface area contributed by atoms with Gasteiger partial charge in [0.25, 0.3) is 0 Å². The lowest BCUT2D eigenvalue weighted by molar-refractivity contribution is -0.143. The molecule has 1 aromatic heterocycles. The molecule has 8 heteroatoms. The van der Waals surface area contributed by atoms with Crippen molar-refractivity contribution < 1.29 is 19.4 Å². The first-order chi connectivity index (χ1) is 8.45. The van der Waals surface area contributed by atoms with Crippen LogP contribution in [0.2, 0.25) is 0 Å². The zero-order chi connectivity index (χ0) is 13.7. The van der Waals surface area contributed by atoms with Crippen LogP contribution in [0, 0.1) is 0 Å². The number of hydrogen-bond donors (Lipinski definition) is 3. The number of carbonyl (C=O) groups is 2. The number of hydrogen-bond acceptors (Lipinski definition) is 7. The summed E-state index contributed by atoms with van der Waals surface area (Å²) in [4.78, 5) is 26.0. The molecule has 7 nitrogen and oxygen atoms in total. The number of esters is 1. The SMILES string of the molecule is CCOC(=O)C(C)Nc1nc(C(N)C(=O)O)cs1. The van der Waals surface area contributed by atoms with Gasteiger partial charge in [-0.2, -0.15) is 0 Å². The van der Waals surface area contributed by atoms with E-state index in [2.05, 4.69) is 10.3 Å². The first-order valence-electron chi connectivity index (χ1n) is 5.32. The second kappa shape index (κ2) is 6.31. The Morgan fingerprint density at radius 2 is 2.33 bits per heavy atom. The summed E-state index contributed by atoms with van der Waals surface area (Å²) in [5.74, 6) is -1.54. The van der Waals surface area contributed by atoms with E-state index in [1.165, 1.54) is 11.3 Å². The number of aromatic nitrogens is 1. The Morgan fingerprint density at radius 3 is 2.89 bits per heavy atom. The van der Waals surface area contributed by atoms with Crippen LogP contribution < -0.4 is 11.1 Å². The van der Waals surface area contributed by atoms with Gasteiger partial charge in [0.05, 0.1) is 12.3 Å². The molecule has 18 heavy (non-hydrogen) atoms. The van der Waals surface area contributed by atoms with Crippen molar-refractivity contribution in [2.45, 2.75) is 25.9 Å². The van der Waals surface area contributed by atoms with Crippen LogP contribution in [0.4, 0.5) is 5.13 Å². The van der Waals surface area contributed by atoms with Gasteiger partial charge in [0, 0.05) is 5.38 Å². The van der Waals surface area contributed by atoms with Crippen molar-refractivity contribution in [3.63, 3.8) is 0 Å². The molecule has 0 spiro atoms. The number of carboxylic acids is 1. The number of ether oxygens (including phenoxy) is 1. The summed E-state index contributed by atoms with van der Waals surface area (Å²) in [5, 5.41) is 13.5. The van der Waals surface area contributed by atoms with E-state index in [0.29, 0.717) is 11.7 Å². The molecule has 0 aromatic carbocycles. The minimum atomic E-state index is -1.16. The largest absolute Gasteiger partial charge is 0.480 e. The van der Waals surface area contributed by atoms with Crippen molar-refractivity contribution in [3.8, 4) is 0 Å². The fourth-order valence-corrected chi connectivity index (χ4v) is 1.97. The molecule has 0 aliphatic heterocycles. The Morgan fingerprint density at radius 1 is 1.67 bits per heavy atom. The fraction of sp³-hybridized carbons (Fsp3) is 0.500. The number of nitrogens with zero attached hydrogens (tertiary/aromatic N) is 1. The standard InChI is InChI=1S/C10H15N3O4S/c1-3-17-9(16)5(2)12-10-13-6(4-18-10)7(11)8(14)15/h4-5,7H,3,11H2,1-2H3,(H,12,13)(H,14,15). The lowest BCUT2D eigenvalue weighted by Crippen LogP contribution is -2.28. The Kier molecular flexibility index (Phi) is 5.05. The van der Waals surface area contributed by atoms with Gasteiger partial charge in [0.15, 0.2) is 5.13 Å². The van der Waals surface area contributed by atoms with Gasteiger partial charge in [0.2, 0.25) is 0 Å². The van der Waals surface area contributed by atoms with E-state index in [4.69, 9.17) is 15.6 Å². The minimum absolute atomic E-state index is 0.256. The van der Waals surface area contributed by atoms with Crippen LogP contribution in [0.15, 0.2) is 5.38 Å². The van der Waals surface area contributed by atoms with E-state index in [9.17, 15) is 9.59 Å². The zero-order valence-corrected chi connectivity index (χ0v) is 10.9. The summed E-state index contributed by atoms with van der Waals surface area (Å²) in [6.45, 7) is 3.66. The van der Waals surface area contributed by atoms with Gasteiger partial charge in [-0.25, -0.2) is 9.78 Å². The maximum Gasteiger partial charge on any atom is 0.328 e. The number of thiazole rings is 1. The van der Waals surface area contributed by atoms with Crippen LogP contribution >= 0.6 is 11.3 Å². The van der Waals surface area contributed by atoms with Gasteiger partial charge in [-0.1, -0.05) is 0 Å². The third kappa shape index (κ3) is 3.67. The molecular weight excluding hydrogens is 258 g/mol. The van der Waals surface area contributed by atoms with Crippen molar-refractivity contribution in [2.24, 2.45) is 5.73 Å². The molecule has 0 fully saturated rings. The second-order valence-corrected chi connectivity index (χ2v) is 4.37. The molecule has 1 heterocycles. The molecule has 0 bridgehead atoms. The van der Waals surface area contributed by atoms with Crippen molar-refractivity contribution in [3.05, 3.63) is 11.1 Å². The summed E-state index contributed by atoms with van der Waals surface area (Å²) in [5.41, 5.74) is 5.67. The van der Waals surface area contributed by atoms with E-state index in [-0.39, 0.29) is 5.69 Å². The topological polar surface area (TPSA) is 115 Å². The van der Waals surface area contributed by atoms with Crippen LogP contribution in [-0.4, -0.2) is 34.7 Å². The Labute approximate surface area is 108 Å². The fourth-order valence-electron chi connectivity index (χ4n) is 1.13. The average Bonchev–Trinajstić information content (AvgIpc) is 2.76. The number of carbonyl (C=O) groups excluding carboxylic acids is 1. The molecule has 1 rings (SSSR count). The summed E-state index contributed by atoms with van der Waals surface area (Å²) in [6.07, 6.45) is 0. The molecule has 0 aliphatic carbocycles. The highest BCUT2D eigenvalue weighted by atomic mass is 32.1. The highest BCUT2D eigenvalue weighted by Crippen LogP contribution is 2.20. The predicted molar refractivity (Wildman–Crippen MR) is 66.4 cm³/mol. The summed E-state index contributed by atoms with van der Waals surface area (Å²) >= 11 is 1.19. The smallest absolute Gasteiger partial charge is 0.328 e. The molecule has 2 atom stereocenters. The van der Waals surface area contributed by atoms with E-state index in [0.717, 1.165) is 0 Å². The van der Waals surface area contributed by atoms with E-state index >= 15 is 0 Å². The molecule has 0 saturated heterocycles. The number of nitrogens with two attached hydrogens (primary N) is 1. The zero-order valence-electron chi connectivity index (χ0n) is 10.0. The van der Waals surface area contributed by atoms with Crippen molar-refractivity contribution in [2.75, 3.05) is 11.9 Å². The lowest BCUT2D eigenvalue weighted by Gasteiger charge is -2.11. The number of rotatable bonds is 6. The highest BCUT2D eigenvalue weighted by molar-refractivity contribution is 7.13. The molecule has 2 unspecified atom stereocenters. The van der Waals surface area contributed by atoms with Crippen LogP contribution in [0.1, 0.15) is 25.6 Å². The van der Waals surface area contributed by atoms with Crippen LogP contribution in [0.5, 0.6) is 0 Å².